The molecule has 0 radical (unpaired) electrons. The second-order valence-electron chi connectivity index (χ2n) is 3.46. The van der Waals surface area contributed by atoms with Gasteiger partial charge in [0.05, 0.1) is 5.69 Å². The van der Waals surface area contributed by atoms with E-state index < -0.39 is 0 Å². The van der Waals surface area contributed by atoms with Crippen molar-refractivity contribution in [2.24, 2.45) is 0 Å². The SMILES string of the molecule is CCc1ccc(OCc2csc(N)n2)cc1. The van der Waals surface area contributed by atoms with E-state index in [1.807, 2.05) is 17.5 Å². The van der Waals surface area contributed by atoms with Crippen molar-refractivity contribution in [2.75, 3.05) is 5.73 Å². The van der Waals surface area contributed by atoms with Crippen LogP contribution in [0.4, 0.5) is 5.13 Å². The lowest BCUT2D eigenvalue weighted by atomic mass is 10.2. The van der Waals surface area contributed by atoms with E-state index in [0.29, 0.717) is 11.7 Å². The molecule has 2 rings (SSSR count). The molecule has 1 aromatic heterocycles. The number of thiazole rings is 1. The number of nitrogens with zero attached hydrogens (tertiary/aromatic N) is 1. The minimum absolute atomic E-state index is 0.471. The van der Waals surface area contributed by atoms with E-state index in [1.54, 1.807) is 0 Å². The van der Waals surface area contributed by atoms with E-state index >= 15 is 0 Å². The zero-order valence-electron chi connectivity index (χ0n) is 9.14. The highest BCUT2D eigenvalue weighted by Crippen LogP contribution is 2.16. The van der Waals surface area contributed by atoms with Gasteiger partial charge >= 0.3 is 0 Å². The third kappa shape index (κ3) is 2.73. The first kappa shape index (κ1) is 11.0. The van der Waals surface area contributed by atoms with Gasteiger partial charge in [-0.15, -0.1) is 11.3 Å². The summed E-state index contributed by atoms with van der Waals surface area (Å²) in [7, 11) is 0. The van der Waals surface area contributed by atoms with Crippen molar-refractivity contribution in [3.8, 4) is 5.75 Å². The van der Waals surface area contributed by atoms with E-state index in [9.17, 15) is 0 Å². The van der Waals surface area contributed by atoms with Crippen LogP contribution in [0, 0.1) is 0 Å². The number of ether oxygens (including phenoxy) is 1. The van der Waals surface area contributed by atoms with E-state index in [1.165, 1.54) is 16.9 Å². The second kappa shape index (κ2) is 4.99. The highest BCUT2D eigenvalue weighted by molar-refractivity contribution is 7.13. The maximum Gasteiger partial charge on any atom is 0.180 e. The largest absolute Gasteiger partial charge is 0.487 e. The molecular formula is C12H14N2OS. The van der Waals surface area contributed by atoms with Gasteiger partial charge in [0.25, 0.3) is 0 Å². The number of aromatic nitrogens is 1. The lowest BCUT2D eigenvalue weighted by molar-refractivity contribution is 0.302. The Hall–Kier alpha value is -1.55. The molecule has 0 saturated heterocycles. The monoisotopic (exact) mass is 234 g/mol. The fourth-order valence-electron chi connectivity index (χ4n) is 1.37. The average molecular weight is 234 g/mol. The summed E-state index contributed by atoms with van der Waals surface area (Å²) in [4.78, 5) is 4.13. The van der Waals surface area contributed by atoms with Crippen LogP contribution in [0.5, 0.6) is 5.75 Å². The molecule has 0 aliphatic carbocycles. The van der Waals surface area contributed by atoms with E-state index in [4.69, 9.17) is 10.5 Å². The molecule has 84 valence electrons. The second-order valence-corrected chi connectivity index (χ2v) is 4.35. The average Bonchev–Trinajstić information content (AvgIpc) is 2.73. The first-order chi connectivity index (χ1) is 7.78. The molecule has 0 spiro atoms. The van der Waals surface area contributed by atoms with Gasteiger partial charge in [-0.25, -0.2) is 4.98 Å². The summed E-state index contributed by atoms with van der Waals surface area (Å²) in [5.41, 5.74) is 7.72. The molecule has 0 fully saturated rings. The molecule has 1 heterocycles. The molecule has 0 atom stereocenters. The van der Waals surface area contributed by atoms with Crippen LogP contribution in [-0.4, -0.2) is 4.98 Å². The summed E-state index contributed by atoms with van der Waals surface area (Å²) in [6.45, 7) is 2.60. The van der Waals surface area contributed by atoms with Crippen LogP contribution in [0.25, 0.3) is 0 Å². The topological polar surface area (TPSA) is 48.1 Å². The Bertz CT molecular complexity index is 450. The summed E-state index contributed by atoms with van der Waals surface area (Å²) in [5.74, 6) is 0.865. The van der Waals surface area contributed by atoms with Crippen molar-refractivity contribution in [3.63, 3.8) is 0 Å². The third-order valence-corrected chi connectivity index (χ3v) is 3.01. The predicted octanol–water partition coefficient (Wildman–Crippen LogP) is 2.87. The molecule has 4 heteroatoms. The molecular weight excluding hydrogens is 220 g/mol. The first-order valence-corrected chi connectivity index (χ1v) is 6.07. The van der Waals surface area contributed by atoms with E-state index in [0.717, 1.165) is 17.9 Å². The zero-order chi connectivity index (χ0) is 11.4. The maximum absolute atomic E-state index is 5.59. The minimum atomic E-state index is 0.471. The van der Waals surface area contributed by atoms with Crippen molar-refractivity contribution in [2.45, 2.75) is 20.0 Å². The fourth-order valence-corrected chi connectivity index (χ4v) is 1.92. The number of anilines is 1. The summed E-state index contributed by atoms with van der Waals surface area (Å²) in [5, 5.41) is 2.50. The summed E-state index contributed by atoms with van der Waals surface area (Å²) < 4.78 is 5.59. The van der Waals surface area contributed by atoms with Gasteiger partial charge < -0.3 is 10.5 Å². The van der Waals surface area contributed by atoms with Gasteiger partial charge in [-0.2, -0.15) is 0 Å². The van der Waals surface area contributed by atoms with E-state index in [2.05, 4.69) is 24.0 Å². The molecule has 0 bridgehead atoms. The quantitative estimate of drug-likeness (QED) is 0.885. The standard InChI is InChI=1S/C12H14N2OS/c1-2-9-3-5-11(6-4-9)15-7-10-8-16-12(13)14-10/h3-6,8H,2,7H2,1H3,(H2,13,14). The van der Waals surface area contributed by atoms with E-state index in [-0.39, 0.29) is 0 Å². The number of nitrogen functional groups attached to an aromatic ring is 1. The van der Waals surface area contributed by atoms with Gasteiger partial charge in [-0.05, 0) is 24.1 Å². The van der Waals surface area contributed by atoms with Crippen LogP contribution < -0.4 is 10.5 Å². The molecule has 0 unspecified atom stereocenters. The van der Waals surface area contributed by atoms with Gasteiger partial charge in [0.2, 0.25) is 0 Å². The normalized spacial score (nSPS) is 10.3. The van der Waals surface area contributed by atoms with Crippen LogP contribution >= 0.6 is 11.3 Å². The van der Waals surface area contributed by atoms with Gasteiger partial charge in [-0.3, -0.25) is 0 Å². The maximum atomic E-state index is 5.59. The predicted molar refractivity (Wildman–Crippen MR) is 66.7 cm³/mol. The summed E-state index contributed by atoms with van der Waals surface area (Å²) >= 11 is 1.43. The van der Waals surface area contributed by atoms with Crippen molar-refractivity contribution in [1.82, 2.24) is 4.98 Å². The Morgan fingerprint density at radius 2 is 2.06 bits per heavy atom. The van der Waals surface area contributed by atoms with Gasteiger partial charge in [0.1, 0.15) is 12.4 Å². The lowest BCUT2D eigenvalue weighted by Crippen LogP contribution is -1.96. The number of rotatable bonds is 4. The zero-order valence-corrected chi connectivity index (χ0v) is 9.96. The number of hydrogen-bond donors (Lipinski definition) is 1. The van der Waals surface area contributed by atoms with Crippen LogP contribution in [0.2, 0.25) is 0 Å². The van der Waals surface area contributed by atoms with Crippen molar-refractivity contribution >= 4 is 16.5 Å². The minimum Gasteiger partial charge on any atom is -0.487 e. The molecule has 1 aromatic carbocycles. The highest BCUT2D eigenvalue weighted by Gasteiger charge is 2.00. The summed E-state index contributed by atoms with van der Waals surface area (Å²) in [6.07, 6.45) is 1.04. The van der Waals surface area contributed by atoms with Crippen molar-refractivity contribution in [1.29, 1.82) is 0 Å². The molecule has 0 aliphatic heterocycles. The van der Waals surface area contributed by atoms with Crippen LogP contribution in [-0.2, 0) is 13.0 Å². The highest BCUT2D eigenvalue weighted by atomic mass is 32.1. The van der Waals surface area contributed by atoms with Crippen molar-refractivity contribution < 1.29 is 4.74 Å². The first-order valence-electron chi connectivity index (χ1n) is 5.19. The number of aryl methyl sites for hydroxylation is 1. The molecule has 0 aliphatic rings. The van der Waals surface area contributed by atoms with Crippen LogP contribution in [0.3, 0.4) is 0 Å². The third-order valence-electron chi connectivity index (χ3n) is 2.29. The number of hydrogen-bond acceptors (Lipinski definition) is 4. The molecule has 16 heavy (non-hydrogen) atoms. The van der Waals surface area contributed by atoms with Gasteiger partial charge in [-0.1, -0.05) is 19.1 Å². The molecule has 0 saturated carbocycles. The molecule has 0 amide bonds. The Morgan fingerprint density at radius 1 is 1.31 bits per heavy atom. The number of nitrogens with two attached hydrogens (primary N) is 1. The van der Waals surface area contributed by atoms with Crippen LogP contribution in [0.15, 0.2) is 29.6 Å². The lowest BCUT2D eigenvalue weighted by Gasteiger charge is -2.04. The van der Waals surface area contributed by atoms with Gasteiger partial charge in [0.15, 0.2) is 5.13 Å². The number of benzene rings is 1. The Balaban J connectivity index is 1.94. The Kier molecular flexibility index (Phi) is 3.41. The Labute approximate surface area is 98.9 Å². The molecule has 2 N–H and O–H groups in total. The smallest absolute Gasteiger partial charge is 0.180 e. The van der Waals surface area contributed by atoms with Crippen LogP contribution in [0.1, 0.15) is 18.2 Å². The van der Waals surface area contributed by atoms with Crippen molar-refractivity contribution in [3.05, 3.63) is 40.9 Å². The fraction of sp³-hybridized carbons (Fsp3) is 0.250. The molecule has 2 aromatic rings. The Morgan fingerprint density at radius 3 is 2.62 bits per heavy atom. The summed E-state index contributed by atoms with van der Waals surface area (Å²) in [6, 6.07) is 8.11. The van der Waals surface area contributed by atoms with Gasteiger partial charge in [0, 0.05) is 5.38 Å². The molecule has 3 nitrogen and oxygen atoms in total.